The largest absolute Gasteiger partial charge is 0.423 e. The van der Waals surface area contributed by atoms with Crippen molar-refractivity contribution < 1.29 is 14.5 Å². The van der Waals surface area contributed by atoms with E-state index in [1.54, 1.807) is 6.07 Å². The smallest absolute Gasteiger partial charge is 0.336 e. The van der Waals surface area contributed by atoms with Gasteiger partial charge in [0.2, 0.25) is 0 Å². The van der Waals surface area contributed by atoms with Gasteiger partial charge in [0, 0.05) is 23.4 Å². The summed E-state index contributed by atoms with van der Waals surface area (Å²) >= 11 is 0. The van der Waals surface area contributed by atoms with Gasteiger partial charge in [-0.1, -0.05) is 30.3 Å². The zero-order valence-corrected chi connectivity index (χ0v) is 14.2. The van der Waals surface area contributed by atoms with Gasteiger partial charge in [-0.2, -0.15) is 0 Å². The van der Waals surface area contributed by atoms with E-state index in [1.807, 2.05) is 38.1 Å². The highest BCUT2D eigenvalue weighted by molar-refractivity contribution is 6.06. The Hall–Kier alpha value is -2.17. The molecule has 0 saturated carbocycles. The summed E-state index contributed by atoms with van der Waals surface area (Å²) < 4.78 is 10.9. The quantitative estimate of drug-likeness (QED) is 0.413. The highest BCUT2D eigenvalue weighted by Crippen LogP contribution is 2.26. The Morgan fingerprint density at radius 2 is 2.00 bits per heavy atom. The summed E-state index contributed by atoms with van der Waals surface area (Å²) in [6.45, 7) is 6.60. The SMILES string of the molecule is CC(C)OCCC[NH2+]Cc1cc(=O)oc2ccc3ccccc3c12. The highest BCUT2D eigenvalue weighted by atomic mass is 16.5. The van der Waals surface area contributed by atoms with Crippen molar-refractivity contribution >= 4 is 21.7 Å². The van der Waals surface area contributed by atoms with Crippen molar-refractivity contribution in [2.45, 2.75) is 32.9 Å². The van der Waals surface area contributed by atoms with Crippen LogP contribution in [0.1, 0.15) is 25.8 Å². The van der Waals surface area contributed by atoms with Crippen LogP contribution < -0.4 is 10.9 Å². The fraction of sp³-hybridized carbons (Fsp3) is 0.350. The molecule has 0 saturated heterocycles. The predicted molar refractivity (Wildman–Crippen MR) is 96.2 cm³/mol. The van der Waals surface area contributed by atoms with E-state index in [9.17, 15) is 4.79 Å². The molecular weight excluding hydrogens is 302 g/mol. The van der Waals surface area contributed by atoms with Gasteiger partial charge in [0.05, 0.1) is 19.3 Å². The highest BCUT2D eigenvalue weighted by Gasteiger charge is 2.10. The van der Waals surface area contributed by atoms with Gasteiger partial charge in [-0.3, -0.25) is 0 Å². The Bertz CT molecular complexity index is 883. The summed E-state index contributed by atoms with van der Waals surface area (Å²) in [5.41, 5.74) is 1.40. The van der Waals surface area contributed by atoms with E-state index in [2.05, 4.69) is 17.4 Å². The first-order valence-corrected chi connectivity index (χ1v) is 8.53. The zero-order valence-electron chi connectivity index (χ0n) is 14.2. The van der Waals surface area contributed by atoms with E-state index >= 15 is 0 Å². The lowest BCUT2D eigenvalue weighted by atomic mass is 10.0. The molecule has 24 heavy (non-hydrogen) atoms. The van der Waals surface area contributed by atoms with Crippen molar-refractivity contribution in [3.05, 3.63) is 58.4 Å². The van der Waals surface area contributed by atoms with Crippen LogP contribution in [-0.4, -0.2) is 19.3 Å². The molecule has 0 bridgehead atoms. The summed E-state index contributed by atoms with van der Waals surface area (Å²) in [4.78, 5) is 11.8. The molecule has 3 aromatic rings. The number of benzene rings is 2. The average molecular weight is 326 g/mol. The number of hydrogen-bond acceptors (Lipinski definition) is 3. The van der Waals surface area contributed by atoms with Crippen LogP contribution in [0.15, 0.2) is 51.7 Å². The van der Waals surface area contributed by atoms with E-state index in [4.69, 9.17) is 9.15 Å². The lowest BCUT2D eigenvalue weighted by molar-refractivity contribution is -0.670. The van der Waals surface area contributed by atoms with Crippen LogP contribution in [0.25, 0.3) is 21.7 Å². The molecule has 0 fully saturated rings. The van der Waals surface area contributed by atoms with Crippen LogP contribution in [0, 0.1) is 0 Å². The van der Waals surface area contributed by atoms with Crippen molar-refractivity contribution in [2.75, 3.05) is 13.2 Å². The molecule has 0 atom stereocenters. The standard InChI is InChI=1S/C20H23NO3/c1-14(2)23-11-5-10-21-13-16-12-19(22)24-18-9-8-15-6-3-4-7-17(15)20(16)18/h3-4,6-9,12,14,21H,5,10-11,13H2,1-2H3/p+1. The first-order valence-electron chi connectivity index (χ1n) is 8.53. The minimum atomic E-state index is -0.288. The third kappa shape index (κ3) is 3.83. The molecule has 0 aliphatic rings. The predicted octanol–water partition coefficient (Wildman–Crippen LogP) is 2.82. The van der Waals surface area contributed by atoms with Gasteiger partial charge in [-0.15, -0.1) is 0 Å². The first kappa shape index (κ1) is 16.7. The summed E-state index contributed by atoms with van der Waals surface area (Å²) in [5, 5.41) is 5.55. The van der Waals surface area contributed by atoms with Crippen molar-refractivity contribution in [2.24, 2.45) is 0 Å². The third-order valence-electron chi connectivity index (χ3n) is 4.08. The molecule has 2 N–H and O–H groups in total. The lowest BCUT2D eigenvalue weighted by Crippen LogP contribution is -2.82. The minimum Gasteiger partial charge on any atom is -0.423 e. The Kier molecular flexibility index (Phi) is 5.28. The lowest BCUT2D eigenvalue weighted by Gasteiger charge is -2.09. The van der Waals surface area contributed by atoms with Crippen LogP contribution >= 0.6 is 0 Å². The van der Waals surface area contributed by atoms with Crippen molar-refractivity contribution in [3.63, 3.8) is 0 Å². The molecule has 0 spiro atoms. The van der Waals surface area contributed by atoms with Gasteiger partial charge >= 0.3 is 5.63 Å². The first-order chi connectivity index (χ1) is 11.6. The number of hydrogen-bond donors (Lipinski definition) is 1. The fourth-order valence-electron chi connectivity index (χ4n) is 2.99. The van der Waals surface area contributed by atoms with Crippen molar-refractivity contribution in [1.82, 2.24) is 0 Å². The number of fused-ring (bicyclic) bond motifs is 3. The zero-order chi connectivity index (χ0) is 16.9. The fourth-order valence-corrected chi connectivity index (χ4v) is 2.99. The third-order valence-corrected chi connectivity index (χ3v) is 4.08. The van der Waals surface area contributed by atoms with Crippen molar-refractivity contribution in [1.29, 1.82) is 0 Å². The van der Waals surface area contributed by atoms with E-state index in [1.165, 1.54) is 0 Å². The van der Waals surface area contributed by atoms with Gasteiger partial charge in [0.1, 0.15) is 12.1 Å². The molecule has 0 aliphatic heterocycles. The second-order valence-electron chi connectivity index (χ2n) is 6.31. The van der Waals surface area contributed by atoms with Crippen LogP contribution in [0.2, 0.25) is 0 Å². The second-order valence-corrected chi connectivity index (χ2v) is 6.31. The van der Waals surface area contributed by atoms with E-state index in [0.717, 1.165) is 47.8 Å². The summed E-state index contributed by atoms with van der Waals surface area (Å²) in [6, 6.07) is 13.7. The van der Waals surface area contributed by atoms with Gasteiger partial charge in [-0.05, 0) is 30.7 Å². The number of quaternary nitrogens is 1. The molecule has 4 nitrogen and oxygen atoms in total. The Balaban J connectivity index is 1.81. The van der Waals surface area contributed by atoms with Crippen LogP contribution in [0.5, 0.6) is 0 Å². The van der Waals surface area contributed by atoms with Gasteiger partial charge in [-0.25, -0.2) is 4.79 Å². The van der Waals surface area contributed by atoms with Gasteiger partial charge in [0.25, 0.3) is 0 Å². The molecule has 126 valence electrons. The topological polar surface area (TPSA) is 56.0 Å². The normalized spacial score (nSPS) is 11.6. The molecule has 3 rings (SSSR count). The molecule has 0 amide bonds. The molecule has 1 aromatic heterocycles. The molecule has 0 aliphatic carbocycles. The van der Waals surface area contributed by atoms with E-state index in [-0.39, 0.29) is 11.7 Å². The summed E-state index contributed by atoms with van der Waals surface area (Å²) in [7, 11) is 0. The molecule has 0 unspecified atom stereocenters. The summed E-state index contributed by atoms with van der Waals surface area (Å²) in [6.07, 6.45) is 1.28. The van der Waals surface area contributed by atoms with Crippen LogP contribution in [0.3, 0.4) is 0 Å². The van der Waals surface area contributed by atoms with Crippen LogP contribution in [0.4, 0.5) is 0 Å². The second kappa shape index (κ2) is 7.60. The molecule has 1 heterocycles. The summed E-state index contributed by atoms with van der Waals surface area (Å²) in [5.74, 6) is 0. The number of nitrogens with two attached hydrogens (primary N) is 1. The average Bonchev–Trinajstić information content (AvgIpc) is 2.57. The maximum atomic E-state index is 11.8. The maximum absolute atomic E-state index is 11.8. The molecule has 4 heteroatoms. The monoisotopic (exact) mass is 326 g/mol. The number of rotatable bonds is 7. The Morgan fingerprint density at radius 1 is 1.17 bits per heavy atom. The molecule has 0 radical (unpaired) electrons. The van der Waals surface area contributed by atoms with E-state index in [0.29, 0.717) is 5.58 Å². The Morgan fingerprint density at radius 3 is 2.83 bits per heavy atom. The van der Waals surface area contributed by atoms with Crippen molar-refractivity contribution in [3.8, 4) is 0 Å². The number of ether oxygens (including phenoxy) is 1. The Labute approximate surface area is 141 Å². The van der Waals surface area contributed by atoms with E-state index < -0.39 is 0 Å². The van der Waals surface area contributed by atoms with Gasteiger partial charge < -0.3 is 14.5 Å². The van der Waals surface area contributed by atoms with Gasteiger partial charge in [0.15, 0.2) is 0 Å². The maximum Gasteiger partial charge on any atom is 0.336 e. The van der Waals surface area contributed by atoms with Crippen LogP contribution in [-0.2, 0) is 11.3 Å². The molecular formula is C20H24NO3+. The molecule has 2 aromatic carbocycles. The minimum absolute atomic E-state index is 0.277.